The van der Waals surface area contributed by atoms with Crippen LogP contribution in [0.4, 0.5) is 0 Å². The van der Waals surface area contributed by atoms with E-state index in [0.717, 1.165) is 24.2 Å². The normalized spacial score (nSPS) is 21.6. The van der Waals surface area contributed by atoms with Crippen molar-refractivity contribution in [3.8, 4) is 17.2 Å². The molecule has 4 N–H and O–H groups in total. The zero-order valence-corrected chi connectivity index (χ0v) is 12.0. The molecule has 110 valence electrons. The second-order valence-corrected chi connectivity index (χ2v) is 5.70. The number of hydrogen-bond acceptors (Lipinski definition) is 4. The maximum absolute atomic E-state index is 10.2. The summed E-state index contributed by atoms with van der Waals surface area (Å²) in [5, 5.41) is 32.9. The molecule has 0 radical (unpaired) electrons. The van der Waals surface area contributed by atoms with Crippen LogP contribution >= 0.6 is 11.6 Å². The first-order valence-corrected chi connectivity index (χ1v) is 7.15. The lowest BCUT2D eigenvalue weighted by molar-refractivity contribution is 0.402. The van der Waals surface area contributed by atoms with Gasteiger partial charge in [0.25, 0.3) is 0 Å². The molecular formula is C16H16ClNO3. The summed E-state index contributed by atoms with van der Waals surface area (Å²) >= 11 is 5.99. The number of hydrogen-bond donors (Lipinski definition) is 4. The van der Waals surface area contributed by atoms with E-state index in [2.05, 4.69) is 5.32 Å². The molecule has 0 amide bonds. The van der Waals surface area contributed by atoms with Crippen molar-refractivity contribution in [3.63, 3.8) is 0 Å². The van der Waals surface area contributed by atoms with Crippen LogP contribution in [-0.2, 0) is 0 Å². The Morgan fingerprint density at radius 3 is 2.48 bits per heavy atom. The summed E-state index contributed by atoms with van der Waals surface area (Å²) in [4.78, 5) is 0. The number of rotatable bonds is 2. The molecule has 2 atom stereocenters. The molecule has 1 saturated heterocycles. The molecular weight excluding hydrogens is 290 g/mol. The van der Waals surface area contributed by atoms with Crippen molar-refractivity contribution in [2.24, 2.45) is 0 Å². The summed E-state index contributed by atoms with van der Waals surface area (Å²) in [6.45, 7) is 1.46. The topological polar surface area (TPSA) is 72.7 Å². The van der Waals surface area contributed by atoms with Gasteiger partial charge in [-0.05, 0) is 23.8 Å². The monoisotopic (exact) mass is 305 g/mol. The minimum Gasteiger partial charge on any atom is -0.506 e. The Labute approximate surface area is 127 Å². The molecule has 1 heterocycles. The van der Waals surface area contributed by atoms with E-state index < -0.39 is 0 Å². The lowest BCUT2D eigenvalue weighted by atomic mass is 9.83. The van der Waals surface area contributed by atoms with Gasteiger partial charge < -0.3 is 20.6 Å². The van der Waals surface area contributed by atoms with Gasteiger partial charge in [0.15, 0.2) is 11.5 Å². The third kappa shape index (κ3) is 2.52. The Balaban J connectivity index is 1.99. The van der Waals surface area contributed by atoms with E-state index in [1.807, 2.05) is 12.1 Å². The zero-order chi connectivity index (χ0) is 15.0. The Morgan fingerprint density at radius 1 is 0.952 bits per heavy atom. The average Bonchev–Trinajstić information content (AvgIpc) is 2.94. The van der Waals surface area contributed by atoms with Crippen LogP contribution in [0, 0.1) is 0 Å². The number of phenols is 3. The number of benzene rings is 2. The molecule has 2 aromatic carbocycles. The highest BCUT2D eigenvalue weighted by Crippen LogP contribution is 2.43. The molecule has 2 aromatic rings. The van der Waals surface area contributed by atoms with E-state index in [9.17, 15) is 15.3 Å². The Hall–Kier alpha value is -1.91. The molecule has 0 aliphatic carbocycles. The Kier molecular flexibility index (Phi) is 3.66. The highest BCUT2D eigenvalue weighted by molar-refractivity contribution is 6.32. The highest BCUT2D eigenvalue weighted by Gasteiger charge is 2.32. The largest absolute Gasteiger partial charge is 0.506 e. The summed E-state index contributed by atoms with van der Waals surface area (Å²) in [5.74, 6) is 0.00898. The van der Waals surface area contributed by atoms with E-state index in [1.165, 1.54) is 6.07 Å². The number of aromatic hydroxyl groups is 3. The van der Waals surface area contributed by atoms with Crippen LogP contribution in [0.2, 0.25) is 5.02 Å². The minimum absolute atomic E-state index is 0.0626. The standard InChI is InChI=1S/C16H16ClNO3/c17-13-3-1-2-10(16(13)21)12-8-18-7-11(12)9-4-5-14(19)15(20)6-9/h1-6,11-12,18-21H,7-8H2. The minimum atomic E-state index is -0.133. The molecule has 4 nitrogen and oxygen atoms in total. The fourth-order valence-electron chi connectivity index (χ4n) is 2.96. The maximum atomic E-state index is 10.2. The molecule has 2 unspecified atom stereocenters. The zero-order valence-electron chi connectivity index (χ0n) is 11.3. The van der Waals surface area contributed by atoms with Crippen LogP contribution in [0.3, 0.4) is 0 Å². The van der Waals surface area contributed by atoms with E-state index in [1.54, 1.807) is 18.2 Å². The predicted octanol–water partition coefficient (Wildman–Crippen LogP) is 2.93. The molecule has 1 aliphatic heterocycles. The van der Waals surface area contributed by atoms with Gasteiger partial charge in [-0.3, -0.25) is 0 Å². The van der Waals surface area contributed by atoms with Crippen molar-refractivity contribution < 1.29 is 15.3 Å². The number of para-hydroxylation sites is 1. The summed E-state index contributed by atoms with van der Waals surface area (Å²) in [5.41, 5.74) is 1.71. The Bertz CT molecular complexity index is 675. The molecule has 0 spiro atoms. The lowest BCUT2D eigenvalue weighted by Crippen LogP contribution is -2.09. The molecule has 5 heteroatoms. The first-order chi connectivity index (χ1) is 10.1. The maximum Gasteiger partial charge on any atom is 0.157 e. The second kappa shape index (κ2) is 5.47. The van der Waals surface area contributed by atoms with E-state index in [0.29, 0.717) is 5.02 Å². The van der Waals surface area contributed by atoms with Crippen molar-refractivity contribution in [3.05, 3.63) is 52.5 Å². The molecule has 1 aliphatic rings. The molecule has 3 rings (SSSR count). The van der Waals surface area contributed by atoms with Crippen molar-refractivity contribution in [2.75, 3.05) is 13.1 Å². The van der Waals surface area contributed by atoms with Crippen LogP contribution in [0.1, 0.15) is 23.0 Å². The van der Waals surface area contributed by atoms with Crippen LogP contribution in [0.5, 0.6) is 17.2 Å². The fraction of sp³-hybridized carbons (Fsp3) is 0.250. The van der Waals surface area contributed by atoms with E-state index >= 15 is 0 Å². The average molecular weight is 306 g/mol. The summed E-state index contributed by atoms with van der Waals surface area (Å²) in [6.07, 6.45) is 0. The molecule has 0 aromatic heterocycles. The number of phenolic OH excluding ortho intramolecular Hbond substituents is 3. The van der Waals surface area contributed by atoms with E-state index in [-0.39, 0.29) is 29.1 Å². The quantitative estimate of drug-likeness (QED) is 0.644. The first-order valence-electron chi connectivity index (χ1n) is 6.78. The van der Waals surface area contributed by atoms with E-state index in [4.69, 9.17) is 11.6 Å². The smallest absolute Gasteiger partial charge is 0.157 e. The van der Waals surface area contributed by atoms with Gasteiger partial charge in [0.1, 0.15) is 5.75 Å². The van der Waals surface area contributed by atoms with Crippen LogP contribution in [0.15, 0.2) is 36.4 Å². The number of halogens is 1. The van der Waals surface area contributed by atoms with Gasteiger partial charge in [-0.25, -0.2) is 0 Å². The van der Waals surface area contributed by atoms with Gasteiger partial charge in [-0.2, -0.15) is 0 Å². The van der Waals surface area contributed by atoms with Crippen LogP contribution in [0.25, 0.3) is 0 Å². The summed E-state index contributed by atoms with van der Waals surface area (Å²) in [6, 6.07) is 10.2. The predicted molar refractivity (Wildman–Crippen MR) is 81.2 cm³/mol. The fourth-order valence-corrected chi connectivity index (χ4v) is 3.14. The third-order valence-corrected chi connectivity index (χ3v) is 4.36. The highest BCUT2D eigenvalue weighted by atomic mass is 35.5. The summed E-state index contributed by atoms with van der Waals surface area (Å²) in [7, 11) is 0. The molecule has 0 bridgehead atoms. The van der Waals surface area contributed by atoms with Gasteiger partial charge in [0.05, 0.1) is 5.02 Å². The second-order valence-electron chi connectivity index (χ2n) is 5.30. The van der Waals surface area contributed by atoms with Crippen molar-refractivity contribution in [1.82, 2.24) is 5.32 Å². The van der Waals surface area contributed by atoms with Crippen LogP contribution < -0.4 is 5.32 Å². The molecule has 0 saturated carbocycles. The van der Waals surface area contributed by atoms with Crippen molar-refractivity contribution in [2.45, 2.75) is 11.8 Å². The van der Waals surface area contributed by atoms with Gasteiger partial charge >= 0.3 is 0 Å². The molecule has 1 fully saturated rings. The summed E-state index contributed by atoms with van der Waals surface area (Å²) < 4.78 is 0. The Morgan fingerprint density at radius 2 is 1.71 bits per heavy atom. The molecule has 21 heavy (non-hydrogen) atoms. The van der Waals surface area contributed by atoms with Gasteiger partial charge in [0, 0.05) is 30.5 Å². The van der Waals surface area contributed by atoms with Gasteiger partial charge in [-0.15, -0.1) is 0 Å². The van der Waals surface area contributed by atoms with Crippen molar-refractivity contribution in [1.29, 1.82) is 0 Å². The van der Waals surface area contributed by atoms with Crippen LogP contribution in [-0.4, -0.2) is 28.4 Å². The lowest BCUT2D eigenvalue weighted by Gasteiger charge is -2.21. The third-order valence-electron chi connectivity index (χ3n) is 4.06. The van der Waals surface area contributed by atoms with Gasteiger partial charge in [0.2, 0.25) is 0 Å². The first kappa shape index (κ1) is 14.0. The van der Waals surface area contributed by atoms with Gasteiger partial charge in [-0.1, -0.05) is 29.8 Å². The number of nitrogens with one attached hydrogen (secondary N) is 1. The van der Waals surface area contributed by atoms with Crippen molar-refractivity contribution >= 4 is 11.6 Å². The SMILES string of the molecule is Oc1ccc(C2CNCC2c2cccc(Cl)c2O)cc1O.